The number of rotatable bonds is 0. The lowest BCUT2D eigenvalue weighted by Gasteiger charge is -2.43. The highest BCUT2D eigenvalue weighted by molar-refractivity contribution is 5.84. The second-order valence-corrected chi connectivity index (χ2v) is 5.79. The normalized spacial score (nSPS) is 37.1. The van der Waals surface area contributed by atoms with Crippen LogP contribution in [0.15, 0.2) is 72.5 Å². The SMILES string of the molecule is O=C1C2C=CC=CC2CC2C3C=CC=CC3=CC=CN12. The van der Waals surface area contributed by atoms with Crippen LogP contribution in [0.4, 0.5) is 0 Å². The Bertz CT molecular complexity index is 617. The van der Waals surface area contributed by atoms with Crippen molar-refractivity contribution in [2.45, 2.75) is 12.5 Å². The molecule has 0 saturated carbocycles. The summed E-state index contributed by atoms with van der Waals surface area (Å²) >= 11 is 0. The zero-order valence-corrected chi connectivity index (χ0v) is 11.2. The summed E-state index contributed by atoms with van der Waals surface area (Å²) in [5.41, 5.74) is 1.30. The minimum absolute atomic E-state index is 0.0190. The molecule has 4 atom stereocenters. The molecule has 0 N–H and O–H groups in total. The molecule has 0 aromatic heterocycles. The number of hydrogen-bond donors (Lipinski definition) is 0. The number of carbonyl (C=O) groups is 1. The van der Waals surface area contributed by atoms with Gasteiger partial charge in [-0.25, -0.2) is 0 Å². The van der Waals surface area contributed by atoms with Crippen molar-refractivity contribution in [1.29, 1.82) is 0 Å². The van der Waals surface area contributed by atoms with E-state index in [9.17, 15) is 4.79 Å². The van der Waals surface area contributed by atoms with Gasteiger partial charge in [0, 0.05) is 18.2 Å². The maximum atomic E-state index is 12.7. The molecular weight excluding hydrogens is 246 g/mol. The first-order chi connectivity index (χ1) is 9.84. The lowest BCUT2D eigenvalue weighted by atomic mass is 9.74. The minimum atomic E-state index is 0.0190. The number of fused-ring (bicyclic) bond motifs is 4. The molecule has 2 nitrogen and oxygen atoms in total. The number of nitrogens with zero attached hydrogens (tertiary/aromatic N) is 1. The first kappa shape index (κ1) is 11.7. The van der Waals surface area contributed by atoms with Crippen molar-refractivity contribution in [3.05, 3.63) is 72.5 Å². The molecule has 1 fully saturated rings. The zero-order valence-electron chi connectivity index (χ0n) is 11.2. The van der Waals surface area contributed by atoms with Crippen LogP contribution in [-0.2, 0) is 4.79 Å². The van der Waals surface area contributed by atoms with Gasteiger partial charge < -0.3 is 4.90 Å². The van der Waals surface area contributed by atoms with Crippen LogP contribution < -0.4 is 0 Å². The predicted octanol–water partition coefficient (Wildman–Crippen LogP) is 3.14. The second-order valence-electron chi connectivity index (χ2n) is 5.79. The third-order valence-corrected chi connectivity index (χ3v) is 4.71. The summed E-state index contributed by atoms with van der Waals surface area (Å²) in [6, 6.07) is 0.242. The fraction of sp³-hybridized carbons (Fsp3) is 0.278. The summed E-state index contributed by atoms with van der Waals surface area (Å²) in [5, 5.41) is 0. The minimum Gasteiger partial charge on any atom is -0.315 e. The molecule has 0 radical (unpaired) electrons. The summed E-state index contributed by atoms with van der Waals surface area (Å²) in [6.07, 6.45) is 24.0. The molecule has 2 heteroatoms. The third kappa shape index (κ3) is 1.68. The summed E-state index contributed by atoms with van der Waals surface area (Å²) in [6.45, 7) is 0. The fourth-order valence-electron chi connectivity index (χ4n) is 3.71. The van der Waals surface area contributed by atoms with Crippen molar-refractivity contribution in [3.8, 4) is 0 Å². The quantitative estimate of drug-likeness (QED) is 0.657. The molecule has 20 heavy (non-hydrogen) atoms. The molecule has 2 aliphatic carbocycles. The van der Waals surface area contributed by atoms with E-state index in [1.165, 1.54) is 5.57 Å². The van der Waals surface area contributed by atoms with Gasteiger partial charge in [0.05, 0.1) is 5.92 Å². The largest absolute Gasteiger partial charge is 0.315 e. The van der Waals surface area contributed by atoms with Crippen molar-refractivity contribution in [2.24, 2.45) is 17.8 Å². The molecule has 1 saturated heterocycles. The summed E-state index contributed by atoms with van der Waals surface area (Å²) in [4.78, 5) is 14.7. The van der Waals surface area contributed by atoms with E-state index >= 15 is 0 Å². The Labute approximate surface area is 119 Å². The Kier molecular flexibility index (Phi) is 2.62. The average molecular weight is 263 g/mol. The molecule has 0 bridgehead atoms. The van der Waals surface area contributed by atoms with Crippen LogP contribution in [0.25, 0.3) is 0 Å². The van der Waals surface area contributed by atoms with E-state index in [2.05, 4.69) is 42.5 Å². The first-order valence-corrected chi connectivity index (χ1v) is 7.25. The van der Waals surface area contributed by atoms with Gasteiger partial charge in [-0.2, -0.15) is 0 Å². The van der Waals surface area contributed by atoms with Gasteiger partial charge in [0.25, 0.3) is 0 Å². The van der Waals surface area contributed by atoms with Crippen LogP contribution in [-0.4, -0.2) is 16.8 Å². The van der Waals surface area contributed by atoms with E-state index in [-0.39, 0.29) is 17.9 Å². The molecule has 2 aliphatic heterocycles. The molecular formula is C18H17NO. The van der Waals surface area contributed by atoms with Crippen LogP contribution in [0.3, 0.4) is 0 Å². The lowest BCUT2D eigenvalue weighted by Crippen LogP contribution is -2.51. The van der Waals surface area contributed by atoms with Crippen molar-refractivity contribution < 1.29 is 4.79 Å². The highest BCUT2D eigenvalue weighted by Gasteiger charge is 2.42. The third-order valence-electron chi connectivity index (χ3n) is 4.71. The fourth-order valence-corrected chi connectivity index (χ4v) is 3.71. The maximum Gasteiger partial charge on any atom is 0.234 e. The molecule has 0 spiro atoms. The zero-order chi connectivity index (χ0) is 13.5. The molecule has 1 amide bonds. The predicted molar refractivity (Wildman–Crippen MR) is 79.5 cm³/mol. The smallest absolute Gasteiger partial charge is 0.234 e. The number of carbonyl (C=O) groups excluding carboxylic acids is 1. The van der Waals surface area contributed by atoms with Crippen LogP contribution in [0.2, 0.25) is 0 Å². The van der Waals surface area contributed by atoms with E-state index in [0.717, 1.165) is 6.42 Å². The highest BCUT2D eigenvalue weighted by Crippen LogP contribution is 2.40. The van der Waals surface area contributed by atoms with Crippen molar-refractivity contribution in [2.75, 3.05) is 0 Å². The molecule has 4 rings (SSSR count). The van der Waals surface area contributed by atoms with Crippen LogP contribution in [0.5, 0.6) is 0 Å². The Hall–Kier alpha value is -2.09. The molecule has 0 aromatic rings. The Morgan fingerprint density at radius 1 is 0.950 bits per heavy atom. The summed E-state index contributed by atoms with van der Waals surface area (Å²) < 4.78 is 0. The second kappa shape index (κ2) is 4.48. The van der Waals surface area contributed by atoms with Gasteiger partial charge >= 0.3 is 0 Å². The van der Waals surface area contributed by atoms with Crippen LogP contribution in [0.1, 0.15) is 6.42 Å². The monoisotopic (exact) mass is 263 g/mol. The van der Waals surface area contributed by atoms with Gasteiger partial charge in [0.2, 0.25) is 5.91 Å². The molecule has 0 aromatic carbocycles. The van der Waals surface area contributed by atoms with E-state index < -0.39 is 0 Å². The molecule has 4 unspecified atom stereocenters. The average Bonchev–Trinajstić information content (AvgIpc) is 2.68. The maximum absolute atomic E-state index is 12.7. The standard InChI is InChI=1S/C18H17NO/c20-18-16-10-4-2-7-14(16)12-17-15-9-3-1-6-13(15)8-5-11-19(17)18/h1-11,14-17H,12H2. The Morgan fingerprint density at radius 2 is 1.75 bits per heavy atom. The van der Waals surface area contributed by atoms with Crippen molar-refractivity contribution in [1.82, 2.24) is 4.90 Å². The van der Waals surface area contributed by atoms with E-state index in [4.69, 9.17) is 0 Å². The van der Waals surface area contributed by atoms with Gasteiger partial charge in [-0.05, 0) is 24.0 Å². The van der Waals surface area contributed by atoms with E-state index in [0.29, 0.717) is 11.8 Å². The number of allylic oxidation sites excluding steroid dienone is 8. The summed E-state index contributed by atoms with van der Waals surface area (Å²) in [5.74, 6) is 0.922. The lowest BCUT2D eigenvalue weighted by molar-refractivity contribution is -0.138. The van der Waals surface area contributed by atoms with Gasteiger partial charge in [0.1, 0.15) is 0 Å². The van der Waals surface area contributed by atoms with Crippen LogP contribution in [0, 0.1) is 17.8 Å². The van der Waals surface area contributed by atoms with Crippen molar-refractivity contribution in [3.63, 3.8) is 0 Å². The number of piperidine rings is 1. The van der Waals surface area contributed by atoms with Gasteiger partial charge in [-0.15, -0.1) is 0 Å². The van der Waals surface area contributed by atoms with Gasteiger partial charge in [0.15, 0.2) is 0 Å². The van der Waals surface area contributed by atoms with E-state index in [1.54, 1.807) is 0 Å². The molecule has 2 heterocycles. The topological polar surface area (TPSA) is 20.3 Å². The molecule has 100 valence electrons. The van der Waals surface area contributed by atoms with Crippen molar-refractivity contribution >= 4 is 5.91 Å². The summed E-state index contributed by atoms with van der Waals surface area (Å²) in [7, 11) is 0. The molecule has 4 aliphatic rings. The Balaban J connectivity index is 1.73. The van der Waals surface area contributed by atoms with E-state index in [1.807, 2.05) is 29.3 Å². The van der Waals surface area contributed by atoms with Gasteiger partial charge in [-0.1, -0.05) is 54.7 Å². The number of hydrogen-bond acceptors (Lipinski definition) is 1. The highest BCUT2D eigenvalue weighted by atomic mass is 16.2. The number of amides is 1. The van der Waals surface area contributed by atoms with Crippen LogP contribution >= 0.6 is 0 Å². The van der Waals surface area contributed by atoms with Gasteiger partial charge in [-0.3, -0.25) is 4.79 Å². The Morgan fingerprint density at radius 3 is 2.70 bits per heavy atom. The first-order valence-electron chi connectivity index (χ1n) is 7.25.